The third kappa shape index (κ3) is 11.4. The minimum atomic E-state index is -0.693. The van der Waals surface area contributed by atoms with Crippen LogP contribution in [0.15, 0.2) is 0 Å². The summed E-state index contributed by atoms with van der Waals surface area (Å²) in [4.78, 5) is 45.5. The average molecular weight is 486 g/mol. The van der Waals surface area contributed by atoms with Crippen LogP contribution in [0, 0.1) is 5.92 Å². The Bertz CT molecular complexity index is 453. The summed E-state index contributed by atoms with van der Waals surface area (Å²) in [5.74, 6) is -0.138. The molecule has 25 heavy (non-hydrogen) atoms. The Kier molecular flexibility index (Phi) is 13.8. The molecule has 5 N–H and O–H groups in total. The zero-order chi connectivity index (χ0) is 19.2. The van der Waals surface area contributed by atoms with Crippen molar-refractivity contribution in [2.24, 2.45) is 11.7 Å². The van der Waals surface area contributed by atoms with Crippen LogP contribution >= 0.6 is 34.6 Å². The first-order valence-corrected chi connectivity index (χ1v) is 10.3. The van der Waals surface area contributed by atoms with Crippen molar-refractivity contribution in [3.63, 3.8) is 0 Å². The van der Waals surface area contributed by atoms with Crippen molar-refractivity contribution in [2.45, 2.75) is 45.2 Å². The lowest BCUT2D eigenvalue weighted by Crippen LogP contribution is -2.48. The number of aldehydes is 1. The minimum absolute atomic E-state index is 0.0420. The van der Waals surface area contributed by atoms with Crippen LogP contribution in [-0.4, -0.2) is 54.1 Å². The molecule has 0 fully saturated rings. The molecule has 3 amide bonds. The van der Waals surface area contributed by atoms with Crippen LogP contribution in [0.5, 0.6) is 0 Å². The standard InChI is InChI=1S/C15H27IN4O4S/c1-3-10(2)14(15(17)24)19-12(22)4-6-18-13(23)9-25-7-5-11(8-21)20-16/h8,10-11,14,20H,3-7,9H2,1-2H3,(H2,17,24)(H,18,23)(H,19,22)/t10-,11-,14-/m0/s1. The lowest BCUT2D eigenvalue weighted by atomic mass is 9.98. The summed E-state index contributed by atoms with van der Waals surface area (Å²) >= 11 is 3.35. The van der Waals surface area contributed by atoms with Crippen LogP contribution in [0.25, 0.3) is 0 Å². The third-order valence-electron chi connectivity index (χ3n) is 3.62. The van der Waals surface area contributed by atoms with Gasteiger partial charge in [-0.05, 0) is 18.1 Å². The molecule has 0 aliphatic heterocycles. The number of rotatable bonds is 14. The van der Waals surface area contributed by atoms with E-state index in [0.29, 0.717) is 12.2 Å². The summed E-state index contributed by atoms with van der Waals surface area (Å²) in [6, 6.07) is -0.899. The van der Waals surface area contributed by atoms with Crippen LogP contribution in [0.4, 0.5) is 0 Å². The zero-order valence-corrected chi connectivity index (χ0v) is 17.5. The number of hydrogen-bond donors (Lipinski definition) is 4. The largest absolute Gasteiger partial charge is 0.368 e. The second-order valence-corrected chi connectivity index (χ2v) is 7.35. The fraction of sp³-hybridized carbons (Fsp3) is 0.733. The number of hydrogen-bond acceptors (Lipinski definition) is 6. The van der Waals surface area contributed by atoms with Gasteiger partial charge < -0.3 is 21.2 Å². The second-order valence-electron chi connectivity index (χ2n) is 5.63. The number of thioether (sulfide) groups is 1. The molecule has 0 aromatic rings. The number of nitrogens with one attached hydrogen (secondary N) is 3. The van der Waals surface area contributed by atoms with Crippen molar-refractivity contribution < 1.29 is 19.2 Å². The maximum absolute atomic E-state index is 11.8. The topological polar surface area (TPSA) is 130 Å². The number of carbonyl (C=O) groups excluding carboxylic acids is 4. The Morgan fingerprint density at radius 1 is 1.28 bits per heavy atom. The Morgan fingerprint density at radius 3 is 2.48 bits per heavy atom. The summed E-state index contributed by atoms with van der Waals surface area (Å²) in [5.41, 5.74) is 5.29. The van der Waals surface area contributed by atoms with E-state index in [1.54, 1.807) is 0 Å². The van der Waals surface area contributed by atoms with E-state index >= 15 is 0 Å². The highest BCUT2D eigenvalue weighted by atomic mass is 127. The number of halogens is 1. The fourth-order valence-corrected chi connectivity index (χ4v) is 3.18. The molecule has 0 aliphatic carbocycles. The number of nitrogens with two attached hydrogens (primary N) is 1. The van der Waals surface area contributed by atoms with Gasteiger partial charge in [-0.3, -0.25) is 17.9 Å². The van der Waals surface area contributed by atoms with Gasteiger partial charge in [-0.15, -0.1) is 0 Å². The van der Waals surface area contributed by atoms with Crippen molar-refractivity contribution in [2.75, 3.05) is 18.1 Å². The van der Waals surface area contributed by atoms with Crippen LogP contribution in [0.2, 0.25) is 0 Å². The van der Waals surface area contributed by atoms with Gasteiger partial charge in [0.05, 0.1) is 11.8 Å². The number of amides is 3. The van der Waals surface area contributed by atoms with Crippen LogP contribution < -0.4 is 19.9 Å². The first kappa shape index (κ1) is 24.1. The van der Waals surface area contributed by atoms with E-state index in [9.17, 15) is 19.2 Å². The predicted octanol–water partition coefficient (Wildman–Crippen LogP) is 0.139. The van der Waals surface area contributed by atoms with Gasteiger partial charge in [-0.2, -0.15) is 11.8 Å². The molecule has 3 atom stereocenters. The minimum Gasteiger partial charge on any atom is -0.368 e. The van der Waals surface area contributed by atoms with E-state index < -0.39 is 11.9 Å². The monoisotopic (exact) mass is 486 g/mol. The van der Waals surface area contributed by atoms with Gasteiger partial charge in [-0.25, -0.2) is 0 Å². The Morgan fingerprint density at radius 2 is 1.96 bits per heavy atom. The van der Waals surface area contributed by atoms with Gasteiger partial charge in [0.15, 0.2) is 0 Å². The van der Waals surface area contributed by atoms with Crippen molar-refractivity contribution in [3.8, 4) is 0 Å². The molecule has 0 aromatic carbocycles. The van der Waals surface area contributed by atoms with Gasteiger partial charge in [-0.1, -0.05) is 20.3 Å². The molecule has 0 bridgehead atoms. The molecule has 144 valence electrons. The van der Waals surface area contributed by atoms with Crippen LogP contribution in [-0.2, 0) is 19.2 Å². The summed E-state index contributed by atoms with van der Waals surface area (Å²) < 4.78 is 2.83. The van der Waals surface area contributed by atoms with Crippen molar-refractivity contribution in [1.29, 1.82) is 0 Å². The van der Waals surface area contributed by atoms with E-state index in [2.05, 4.69) is 14.2 Å². The average Bonchev–Trinajstić information content (AvgIpc) is 2.58. The van der Waals surface area contributed by atoms with Gasteiger partial charge in [0, 0.05) is 35.8 Å². The van der Waals surface area contributed by atoms with Crippen LogP contribution in [0.1, 0.15) is 33.1 Å². The van der Waals surface area contributed by atoms with E-state index in [-0.39, 0.29) is 42.5 Å². The summed E-state index contributed by atoms with van der Waals surface area (Å²) in [6.07, 6.45) is 2.30. The maximum atomic E-state index is 11.8. The predicted molar refractivity (Wildman–Crippen MR) is 107 cm³/mol. The quantitative estimate of drug-likeness (QED) is 0.120. The molecule has 0 spiro atoms. The zero-order valence-electron chi connectivity index (χ0n) is 14.5. The van der Waals surface area contributed by atoms with Crippen molar-refractivity contribution >= 4 is 58.6 Å². The molecular weight excluding hydrogens is 459 g/mol. The Balaban J connectivity index is 3.94. The normalized spacial score (nSPS) is 14.2. The lowest BCUT2D eigenvalue weighted by Gasteiger charge is -2.21. The SMILES string of the molecule is CC[C@H](C)[C@H](NC(=O)CCNC(=O)CSCC[C@@H](C=O)NI)C(N)=O. The third-order valence-corrected chi connectivity index (χ3v) is 5.41. The molecule has 0 saturated heterocycles. The van der Waals surface area contributed by atoms with Gasteiger partial charge >= 0.3 is 0 Å². The first-order valence-electron chi connectivity index (χ1n) is 8.10. The van der Waals surface area contributed by atoms with Crippen LogP contribution in [0.3, 0.4) is 0 Å². The van der Waals surface area contributed by atoms with Crippen molar-refractivity contribution in [1.82, 2.24) is 14.2 Å². The molecule has 0 aromatic heterocycles. The lowest BCUT2D eigenvalue weighted by molar-refractivity contribution is -0.128. The van der Waals surface area contributed by atoms with Gasteiger partial charge in [0.25, 0.3) is 0 Å². The maximum Gasteiger partial charge on any atom is 0.240 e. The molecule has 0 aliphatic rings. The van der Waals surface area contributed by atoms with Crippen molar-refractivity contribution in [3.05, 3.63) is 0 Å². The summed E-state index contributed by atoms with van der Waals surface area (Å²) in [6.45, 7) is 3.96. The smallest absolute Gasteiger partial charge is 0.240 e. The highest BCUT2D eigenvalue weighted by molar-refractivity contribution is 14.1. The van der Waals surface area contributed by atoms with E-state index in [1.165, 1.54) is 11.8 Å². The summed E-state index contributed by atoms with van der Waals surface area (Å²) in [5, 5.41) is 5.26. The fourth-order valence-electron chi connectivity index (χ4n) is 1.87. The Hall–Kier alpha value is -0.880. The molecule has 0 heterocycles. The molecule has 0 unspecified atom stereocenters. The molecule has 0 radical (unpaired) electrons. The molecule has 10 heteroatoms. The highest BCUT2D eigenvalue weighted by Crippen LogP contribution is 2.07. The molecular formula is C15H27IN4O4S. The van der Waals surface area contributed by atoms with E-state index in [4.69, 9.17) is 5.73 Å². The number of primary amides is 1. The highest BCUT2D eigenvalue weighted by Gasteiger charge is 2.23. The second kappa shape index (κ2) is 14.3. The Labute approximate surface area is 166 Å². The first-order chi connectivity index (χ1) is 11.8. The van der Waals surface area contributed by atoms with Gasteiger partial charge in [0.1, 0.15) is 12.3 Å². The number of carbonyl (C=O) groups is 4. The molecule has 0 rings (SSSR count). The van der Waals surface area contributed by atoms with Gasteiger partial charge in [0.2, 0.25) is 17.7 Å². The molecule has 0 saturated carbocycles. The van der Waals surface area contributed by atoms with E-state index in [0.717, 1.165) is 12.7 Å². The molecule has 8 nitrogen and oxygen atoms in total. The summed E-state index contributed by atoms with van der Waals surface area (Å²) in [7, 11) is 0. The van der Waals surface area contributed by atoms with E-state index in [1.807, 2.05) is 36.7 Å².